The maximum Gasteiger partial charge on any atom is 0.109 e. The molecular formula is C7H12N2OS. The van der Waals surface area contributed by atoms with Gasteiger partial charge in [0.15, 0.2) is 0 Å². The highest BCUT2D eigenvalue weighted by Crippen LogP contribution is 2.17. The first kappa shape index (κ1) is 8.69. The van der Waals surface area contributed by atoms with Crippen molar-refractivity contribution in [1.29, 1.82) is 5.26 Å². The summed E-state index contributed by atoms with van der Waals surface area (Å²) in [5, 5.41) is 8.65. The van der Waals surface area contributed by atoms with Crippen LogP contribution < -0.4 is 0 Å². The molecule has 2 atom stereocenters. The number of hydrogen-bond donors (Lipinski definition) is 0. The molecule has 0 aromatic rings. The van der Waals surface area contributed by atoms with Gasteiger partial charge in [0.05, 0.1) is 17.1 Å². The summed E-state index contributed by atoms with van der Waals surface area (Å²) >= 11 is 0. The van der Waals surface area contributed by atoms with Crippen molar-refractivity contribution in [3.05, 3.63) is 0 Å². The van der Waals surface area contributed by atoms with Crippen molar-refractivity contribution in [1.82, 2.24) is 4.31 Å². The fraction of sp³-hybridized carbons (Fsp3) is 0.857. The summed E-state index contributed by atoms with van der Waals surface area (Å²) in [6.45, 7) is 2.70. The van der Waals surface area contributed by atoms with E-state index in [9.17, 15) is 4.21 Å². The van der Waals surface area contributed by atoms with Gasteiger partial charge < -0.3 is 0 Å². The molecule has 1 aliphatic heterocycles. The van der Waals surface area contributed by atoms with Crippen molar-refractivity contribution in [2.24, 2.45) is 0 Å². The highest BCUT2D eigenvalue weighted by atomic mass is 32.2. The second-order valence-corrected chi connectivity index (χ2v) is 4.23. The SMILES string of the molecule is CCS(=O)N1CCCC1C#N. The van der Waals surface area contributed by atoms with E-state index in [4.69, 9.17) is 5.26 Å². The minimum Gasteiger partial charge on any atom is -0.243 e. The molecular weight excluding hydrogens is 160 g/mol. The Bertz CT molecular complexity index is 199. The van der Waals surface area contributed by atoms with E-state index in [1.807, 2.05) is 6.92 Å². The third-order valence-corrected chi connectivity index (χ3v) is 3.32. The molecule has 3 nitrogen and oxygen atoms in total. The molecule has 1 heterocycles. The molecule has 4 heteroatoms. The summed E-state index contributed by atoms with van der Waals surface area (Å²) in [5.74, 6) is 0.623. The molecule has 1 aliphatic rings. The van der Waals surface area contributed by atoms with Crippen molar-refractivity contribution in [3.63, 3.8) is 0 Å². The van der Waals surface area contributed by atoms with E-state index in [0.29, 0.717) is 5.75 Å². The topological polar surface area (TPSA) is 44.1 Å². The van der Waals surface area contributed by atoms with Crippen LogP contribution in [0.25, 0.3) is 0 Å². The first-order valence-corrected chi connectivity index (χ1v) is 5.12. The van der Waals surface area contributed by atoms with E-state index >= 15 is 0 Å². The predicted molar refractivity (Wildman–Crippen MR) is 44.0 cm³/mol. The minimum atomic E-state index is -0.921. The minimum absolute atomic E-state index is 0.101. The quantitative estimate of drug-likeness (QED) is 0.614. The van der Waals surface area contributed by atoms with Crippen LogP contribution in [0.5, 0.6) is 0 Å². The van der Waals surface area contributed by atoms with E-state index in [2.05, 4.69) is 6.07 Å². The van der Waals surface area contributed by atoms with Crippen molar-refractivity contribution in [2.45, 2.75) is 25.8 Å². The van der Waals surface area contributed by atoms with Crippen LogP contribution in [0.2, 0.25) is 0 Å². The van der Waals surface area contributed by atoms with Gasteiger partial charge in [-0.25, -0.2) is 8.51 Å². The standard InChI is InChI=1S/C7H12N2OS/c1-2-11(10)9-5-3-4-7(9)6-8/h7H,2-5H2,1H3. The van der Waals surface area contributed by atoms with Gasteiger partial charge in [-0.1, -0.05) is 6.92 Å². The van der Waals surface area contributed by atoms with Crippen molar-refractivity contribution in [3.8, 4) is 6.07 Å². The summed E-state index contributed by atoms with van der Waals surface area (Å²) < 4.78 is 13.1. The van der Waals surface area contributed by atoms with Crippen molar-refractivity contribution < 1.29 is 4.21 Å². The van der Waals surface area contributed by atoms with Gasteiger partial charge in [-0.05, 0) is 12.8 Å². The second-order valence-electron chi connectivity index (χ2n) is 2.54. The first-order valence-electron chi connectivity index (χ1n) is 3.84. The van der Waals surface area contributed by atoms with Gasteiger partial charge in [0.2, 0.25) is 0 Å². The summed E-state index contributed by atoms with van der Waals surface area (Å²) in [6.07, 6.45) is 1.88. The lowest BCUT2D eigenvalue weighted by molar-refractivity contribution is 0.480. The van der Waals surface area contributed by atoms with E-state index < -0.39 is 11.0 Å². The monoisotopic (exact) mass is 172 g/mol. The molecule has 0 aromatic carbocycles. The third kappa shape index (κ3) is 1.79. The Balaban J connectivity index is 2.58. The summed E-state index contributed by atoms with van der Waals surface area (Å²) in [6, 6.07) is 2.06. The zero-order valence-electron chi connectivity index (χ0n) is 6.62. The Kier molecular flexibility index (Phi) is 3.03. The maximum absolute atomic E-state index is 11.3. The highest BCUT2D eigenvalue weighted by molar-refractivity contribution is 7.82. The molecule has 0 amide bonds. The fourth-order valence-electron chi connectivity index (χ4n) is 1.28. The van der Waals surface area contributed by atoms with E-state index in [1.54, 1.807) is 4.31 Å². The molecule has 11 heavy (non-hydrogen) atoms. The Hall–Kier alpha value is -0.400. The molecule has 1 saturated heterocycles. The first-order chi connectivity index (χ1) is 5.29. The summed E-state index contributed by atoms with van der Waals surface area (Å²) in [4.78, 5) is 0. The van der Waals surface area contributed by atoms with E-state index in [-0.39, 0.29) is 6.04 Å². The van der Waals surface area contributed by atoms with Gasteiger partial charge in [-0.3, -0.25) is 0 Å². The molecule has 2 unspecified atom stereocenters. The number of hydrogen-bond acceptors (Lipinski definition) is 2. The van der Waals surface area contributed by atoms with Gasteiger partial charge in [-0.15, -0.1) is 0 Å². The Labute approximate surface area is 69.6 Å². The molecule has 0 N–H and O–H groups in total. The summed E-state index contributed by atoms with van der Waals surface area (Å²) in [7, 11) is -0.921. The van der Waals surface area contributed by atoms with Crippen LogP contribution in [-0.4, -0.2) is 26.9 Å². The molecule has 1 fully saturated rings. The average molecular weight is 172 g/mol. The van der Waals surface area contributed by atoms with Crippen LogP contribution >= 0.6 is 0 Å². The van der Waals surface area contributed by atoms with Crippen molar-refractivity contribution in [2.75, 3.05) is 12.3 Å². The van der Waals surface area contributed by atoms with Crippen LogP contribution in [0.4, 0.5) is 0 Å². The van der Waals surface area contributed by atoms with Crippen LogP contribution in [0.3, 0.4) is 0 Å². The zero-order valence-corrected chi connectivity index (χ0v) is 7.43. The molecule has 0 radical (unpaired) electrons. The number of nitriles is 1. The average Bonchev–Trinajstić information content (AvgIpc) is 2.50. The maximum atomic E-state index is 11.3. The Morgan fingerprint density at radius 1 is 1.82 bits per heavy atom. The number of nitrogens with zero attached hydrogens (tertiary/aromatic N) is 2. The second kappa shape index (κ2) is 3.84. The van der Waals surface area contributed by atoms with Crippen molar-refractivity contribution >= 4 is 11.0 Å². The lowest BCUT2D eigenvalue weighted by Crippen LogP contribution is -2.30. The number of rotatable bonds is 2. The molecule has 0 saturated carbocycles. The highest BCUT2D eigenvalue weighted by Gasteiger charge is 2.27. The van der Waals surface area contributed by atoms with E-state index in [0.717, 1.165) is 19.4 Å². The molecule has 62 valence electrons. The van der Waals surface area contributed by atoms with Gasteiger partial charge in [-0.2, -0.15) is 5.26 Å². The molecule has 0 spiro atoms. The normalized spacial score (nSPS) is 28.2. The van der Waals surface area contributed by atoms with Gasteiger partial charge >= 0.3 is 0 Å². The molecule has 0 aliphatic carbocycles. The Morgan fingerprint density at radius 3 is 3.09 bits per heavy atom. The van der Waals surface area contributed by atoms with Crippen LogP contribution in [0, 0.1) is 11.3 Å². The molecule has 1 rings (SSSR count). The largest absolute Gasteiger partial charge is 0.243 e. The third-order valence-electron chi connectivity index (χ3n) is 1.86. The van der Waals surface area contributed by atoms with Gasteiger partial charge in [0, 0.05) is 12.3 Å². The predicted octanol–water partition coefficient (Wildman–Crippen LogP) is 0.658. The van der Waals surface area contributed by atoms with Crippen LogP contribution in [0.15, 0.2) is 0 Å². The lowest BCUT2D eigenvalue weighted by atomic mass is 10.2. The van der Waals surface area contributed by atoms with Crippen LogP contribution in [-0.2, 0) is 11.0 Å². The van der Waals surface area contributed by atoms with Gasteiger partial charge in [0.1, 0.15) is 6.04 Å². The van der Waals surface area contributed by atoms with Gasteiger partial charge in [0.25, 0.3) is 0 Å². The lowest BCUT2D eigenvalue weighted by Gasteiger charge is -2.15. The Morgan fingerprint density at radius 2 is 2.55 bits per heavy atom. The summed E-state index contributed by atoms with van der Waals surface area (Å²) in [5.41, 5.74) is 0. The molecule has 0 bridgehead atoms. The fourth-order valence-corrected chi connectivity index (χ4v) is 2.38. The van der Waals surface area contributed by atoms with E-state index in [1.165, 1.54) is 0 Å². The van der Waals surface area contributed by atoms with Crippen LogP contribution in [0.1, 0.15) is 19.8 Å². The smallest absolute Gasteiger partial charge is 0.109 e. The molecule has 0 aromatic heterocycles. The zero-order chi connectivity index (χ0) is 8.27.